The number of hydrogen-bond donors (Lipinski definition) is 1. The molecule has 1 aromatic rings. The molecular weight excluding hydrogens is 250 g/mol. The number of carbonyl (C=O) groups is 1. The van der Waals surface area contributed by atoms with Crippen molar-refractivity contribution < 1.29 is 9.90 Å². The van der Waals surface area contributed by atoms with E-state index >= 15 is 0 Å². The van der Waals surface area contributed by atoms with Crippen molar-refractivity contribution in [2.45, 2.75) is 51.5 Å². The summed E-state index contributed by atoms with van der Waals surface area (Å²) in [6, 6.07) is 0. The number of rotatable bonds is 5. The summed E-state index contributed by atoms with van der Waals surface area (Å²) in [5, 5.41) is 10.3. The Hall–Kier alpha value is -1.17. The summed E-state index contributed by atoms with van der Waals surface area (Å²) in [6.45, 7) is 4.78. The Morgan fingerprint density at radius 3 is 2.94 bits per heavy atom. The van der Waals surface area contributed by atoms with Crippen molar-refractivity contribution >= 4 is 22.6 Å². The van der Waals surface area contributed by atoms with Crippen LogP contribution < -0.4 is 4.90 Å². The van der Waals surface area contributed by atoms with Crippen molar-refractivity contribution in [3.63, 3.8) is 0 Å². The van der Waals surface area contributed by atoms with E-state index in [1.54, 1.807) is 0 Å². The fourth-order valence-corrected chi connectivity index (χ4v) is 3.41. The maximum Gasteiger partial charge on any atom is 0.329 e. The van der Waals surface area contributed by atoms with E-state index in [1.165, 1.54) is 11.5 Å². The van der Waals surface area contributed by atoms with Crippen molar-refractivity contribution in [1.82, 2.24) is 9.36 Å². The summed E-state index contributed by atoms with van der Waals surface area (Å²) >= 11 is 1.32. The van der Waals surface area contributed by atoms with Gasteiger partial charge in [0.15, 0.2) is 0 Å². The van der Waals surface area contributed by atoms with Gasteiger partial charge in [0.25, 0.3) is 0 Å². The largest absolute Gasteiger partial charge is 0.479 e. The zero-order valence-electron chi connectivity index (χ0n) is 10.8. The number of carboxylic acid groups (broad SMARTS) is 1. The highest BCUT2D eigenvalue weighted by molar-refractivity contribution is 7.09. The van der Waals surface area contributed by atoms with E-state index < -0.39 is 11.5 Å². The Morgan fingerprint density at radius 2 is 2.33 bits per heavy atom. The predicted molar refractivity (Wildman–Crippen MR) is 71.1 cm³/mol. The Labute approximate surface area is 111 Å². The van der Waals surface area contributed by atoms with Crippen molar-refractivity contribution in [3.8, 4) is 0 Å². The normalized spacial score (nSPS) is 23.6. The molecule has 1 atom stereocenters. The first kappa shape index (κ1) is 13.3. The Morgan fingerprint density at radius 1 is 1.56 bits per heavy atom. The van der Waals surface area contributed by atoms with Gasteiger partial charge in [0, 0.05) is 24.5 Å². The Kier molecular flexibility index (Phi) is 3.85. The number of hydrogen-bond acceptors (Lipinski definition) is 5. The fraction of sp³-hybridized carbons (Fsp3) is 0.750. The summed E-state index contributed by atoms with van der Waals surface area (Å²) in [6.07, 6.45) is 4.07. The molecule has 1 saturated heterocycles. The van der Waals surface area contributed by atoms with Crippen LogP contribution in [0.1, 0.15) is 45.4 Å². The molecule has 1 N–H and O–H groups in total. The summed E-state index contributed by atoms with van der Waals surface area (Å²) in [4.78, 5) is 18.0. The van der Waals surface area contributed by atoms with E-state index in [2.05, 4.69) is 16.3 Å². The molecular formula is C12H19N3O2S. The van der Waals surface area contributed by atoms with Crippen LogP contribution in [0.4, 0.5) is 5.13 Å². The molecule has 0 saturated carbocycles. The molecule has 2 heterocycles. The molecule has 1 aliphatic heterocycles. The molecule has 0 spiro atoms. The number of aryl methyl sites for hydroxylation is 1. The molecule has 0 amide bonds. The van der Waals surface area contributed by atoms with Crippen molar-refractivity contribution in [2.75, 3.05) is 11.4 Å². The minimum absolute atomic E-state index is 0.602. The van der Waals surface area contributed by atoms with Crippen LogP contribution in [0, 0.1) is 0 Å². The molecule has 1 aliphatic rings. The second-order valence-corrected chi connectivity index (χ2v) is 5.42. The molecule has 5 nitrogen and oxygen atoms in total. The number of anilines is 1. The molecule has 18 heavy (non-hydrogen) atoms. The van der Waals surface area contributed by atoms with Crippen LogP contribution in [-0.2, 0) is 11.2 Å². The third-order valence-corrected chi connectivity index (χ3v) is 4.41. The van der Waals surface area contributed by atoms with Gasteiger partial charge < -0.3 is 10.0 Å². The van der Waals surface area contributed by atoms with E-state index in [0.29, 0.717) is 12.8 Å². The third kappa shape index (κ3) is 2.09. The maximum absolute atomic E-state index is 11.6. The molecule has 0 aromatic carbocycles. The lowest BCUT2D eigenvalue weighted by Gasteiger charge is -2.33. The number of aromatic nitrogens is 2. The summed E-state index contributed by atoms with van der Waals surface area (Å²) in [5.41, 5.74) is -0.775. The van der Waals surface area contributed by atoms with Gasteiger partial charge in [-0.1, -0.05) is 13.8 Å². The molecule has 0 bridgehead atoms. The standard InChI is InChI=1S/C12H19N3O2S/c1-3-6-9-13-11(18-14-9)15-8-5-7-12(15,4-2)10(16)17/h3-8H2,1-2H3,(H,16,17). The zero-order chi connectivity index (χ0) is 13.2. The lowest BCUT2D eigenvalue weighted by molar-refractivity contribution is -0.143. The van der Waals surface area contributed by atoms with Gasteiger partial charge in [0.2, 0.25) is 5.13 Å². The van der Waals surface area contributed by atoms with Crippen LogP contribution in [0.2, 0.25) is 0 Å². The molecule has 0 radical (unpaired) electrons. The third-order valence-electron chi connectivity index (χ3n) is 3.63. The molecule has 2 rings (SSSR count). The first-order chi connectivity index (χ1) is 8.64. The molecule has 100 valence electrons. The number of aliphatic carboxylic acids is 1. The monoisotopic (exact) mass is 269 g/mol. The molecule has 0 aliphatic carbocycles. The summed E-state index contributed by atoms with van der Waals surface area (Å²) < 4.78 is 4.31. The van der Waals surface area contributed by atoms with E-state index in [0.717, 1.165) is 36.8 Å². The quantitative estimate of drug-likeness (QED) is 0.888. The predicted octanol–water partition coefficient (Wildman–Crippen LogP) is 2.32. The van der Waals surface area contributed by atoms with Crippen molar-refractivity contribution in [1.29, 1.82) is 0 Å². The Bertz CT molecular complexity index is 435. The topological polar surface area (TPSA) is 66.3 Å². The van der Waals surface area contributed by atoms with E-state index in [-0.39, 0.29) is 0 Å². The van der Waals surface area contributed by atoms with Crippen LogP contribution in [0.3, 0.4) is 0 Å². The van der Waals surface area contributed by atoms with Crippen LogP contribution in [0.15, 0.2) is 0 Å². The van der Waals surface area contributed by atoms with Crippen molar-refractivity contribution in [3.05, 3.63) is 5.82 Å². The van der Waals surface area contributed by atoms with Gasteiger partial charge in [0.1, 0.15) is 11.4 Å². The smallest absolute Gasteiger partial charge is 0.329 e. The van der Waals surface area contributed by atoms with Crippen LogP contribution in [0.5, 0.6) is 0 Å². The average molecular weight is 269 g/mol. The SMILES string of the molecule is CCCc1nsc(N2CCCC2(CC)C(=O)O)n1. The van der Waals surface area contributed by atoms with Crippen LogP contribution >= 0.6 is 11.5 Å². The Balaban J connectivity index is 2.27. The highest BCUT2D eigenvalue weighted by Gasteiger charge is 2.47. The van der Waals surface area contributed by atoms with Crippen molar-refractivity contribution in [2.24, 2.45) is 0 Å². The maximum atomic E-state index is 11.6. The second-order valence-electron chi connectivity index (χ2n) is 4.69. The van der Waals surface area contributed by atoms with Gasteiger partial charge in [-0.25, -0.2) is 9.78 Å². The molecule has 1 unspecified atom stereocenters. The van der Waals surface area contributed by atoms with Gasteiger partial charge in [-0.15, -0.1) is 0 Å². The zero-order valence-corrected chi connectivity index (χ0v) is 11.7. The average Bonchev–Trinajstić information content (AvgIpc) is 2.95. The lowest BCUT2D eigenvalue weighted by atomic mass is 9.93. The summed E-state index contributed by atoms with van der Waals surface area (Å²) in [7, 11) is 0. The van der Waals surface area contributed by atoms with E-state index in [4.69, 9.17) is 0 Å². The van der Waals surface area contributed by atoms with Gasteiger partial charge in [-0.2, -0.15) is 4.37 Å². The first-order valence-electron chi connectivity index (χ1n) is 6.47. The van der Waals surface area contributed by atoms with Gasteiger partial charge in [0.05, 0.1) is 0 Å². The first-order valence-corrected chi connectivity index (χ1v) is 7.25. The highest BCUT2D eigenvalue weighted by Crippen LogP contribution is 2.37. The van der Waals surface area contributed by atoms with Gasteiger partial charge in [-0.3, -0.25) is 0 Å². The minimum Gasteiger partial charge on any atom is -0.479 e. The summed E-state index contributed by atoms with van der Waals surface area (Å²) in [5.74, 6) is 0.0922. The number of carboxylic acids is 1. The molecule has 6 heteroatoms. The van der Waals surface area contributed by atoms with Gasteiger partial charge >= 0.3 is 5.97 Å². The second kappa shape index (κ2) is 5.22. The van der Waals surface area contributed by atoms with Crippen LogP contribution in [-0.4, -0.2) is 32.5 Å². The molecule has 1 aromatic heterocycles. The molecule has 1 fully saturated rings. The lowest BCUT2D eigenvalue weighted by Crippen LogP contribution is -2.50. The highest BCUT2D eigenvalue weighted by atomic mass is 32.1. The van der Waals surface area contributed by atoms with Crippen LogP contribution in [0.25, 0.3) is 0 Å². The number of nitrogens with zero attached hydrogens (tertiary/aromatic N) is 3. The fourth-order valence-electron chi connectivity index (χ4n) is 2.58. The van der Waals surface area contributed by atoms with E-state index in [9.17, 15) is 9.90 Å². The van der Waals surface area contributed by atoms with Gasteiger partial charge in [-0.05, 0) is 25.7 Å². The van der Waals surface area contributed by atoms with E-state index in [1.807, 2.05) is 11.8 Å². The minimum atomic E-state index is -0.775.